The van der Waals surface area contributed by atoms with Crippen molar-refractivity contribution < 1.29 is 9.59 Å². The summed E-state index contributed by atoms with van der Waals surface area (Å²) < 4.78 is 0. The zero-order chi connectivity index (χ0) is 17.9. The Morgan fingerprint density at radius 1 is 1.28 bits per heavy atom. The van der Waals surface area contributed by atoms with Gasteiger partial charge < -0.3 is 10.3 Å². The Bertz CT molecular complexity index is 730. The number of aromatic nitrogens is 1. The summed E-state index contributed by atoms with van der Waals surface area (Å²) in [6.07, 6.45) is 4.97. The van der Waals surface area contributed by atoms with E-state index in [0.29, 0.717) is 18.2 Å². The molecule has 1 aliphatic heterocycles. The van der Waals surface area contributed by atoms with Gasteiger partial charge in [0.2, 0.25) is 0 Å². The lowest BCUT2D eigenvalue weighted by atomic mass is 9.75. The Morgan fingerprint density at radius 3 is 2.68 bits per heavy atom. The van der Waals surface area contributed by atoms with E-state index in [1.165, 1.54) is 12.8 Å². The maximum Gasteiger partial charge on any atom is 0.268 e. The second-order valence-corrected chi connectivity index (χ2v) is 9.10. The van der Waals surface area contributed by atoms with Crippen molar-refractivity contribution in [2.24, 2.45) is 5.41 Å². The standard InChI is InChI=1S/C20H29N3O2/c1-11-7-13(10-23(11)14-5-6-14)21-19(25)18-12(2)17-15(22-18)8-20(3,4)9-16(17)24/h11,13-14,22H,5-10H2,1-4H3,(H,21,25)/t11-,13+/m1/s1. The van der Waals surface area contributed by atoms with Crippen molar-refractivity contribution >= 4 is 11.7 Å². The highest BCUT2D eigenvalue weighted by atomic mass is 16.2. The summed E-state index contributed by atoms with van der Waals surface area (Å²) in [5, 5.41) is 3.20. The summed E-state index contributed by atoms with van der Waals surface area (Å²) in [5.41, 5.74) is 3.04. The van der Waals surface area contributed by atoms with Crippen molar-refractivity contribution in [3.8, 4) is 0 Å². The van der Waals surface area contributed by atoms with Gasteiger partial charge in [-0.15, -0.1) is 0 Å². The van der Waals surface area contributed by atoms with Crippen LogP contribution in [0.4, 0.5) is 0 Å². The summed E-state index contributed by atoms with van der Waals surface area (Å²) in [5.74, 6) is 0.0980. The Hall–Kier alpha value is -1.62. The average Bonchev–Trinajstić information content (AvgIpc) is 3.19. The lowest BCUT2D eigenvalue weighted by Crippen LogP contribution is -2.38. The number of Topliss-reactive ketones (excluding diaryl/α,β-unsaturated/α-hetero) is 1. The number of likely N-dealkylation sites (tertiary alicyclic amines) is 1. The molecule has 5 nitrogen and oxygen atoms in total. The fourth-order valence-corrected chi connectivity index (χ4v) is 4.79. The minimum absolute atomic E-state index is 0.0409. The smallest absolute Gasteiger partial charge is 0.268 e. The predicted octanol–water partition coefficient (Wildman–Crippen LogP) is 2.83. The van der Waals surface area contributed by atoms with Crippen molar-refractivity contribution in [1.29, 1.82) is 0 Å². The highest BCUT2D eigenvalue weighted by Crippen LogP contribution is 2.37. The molecule has 1 aromatic heterocycles. The molecule has 4 rings (SSSR count). The van der Waals surface area contributed by atoms with Gasteiger partial charge in [-0.2, -0.15) is 0 Å². The number of fused-ring (bicyclic) bond motifs is 1. The van der Waals surface area contributed by atoms with Crippen molar-refractivity contribution in [2.45, 2.75) is 77.9 Å². The van der Waals surface area contributed by atoms with Crippen LogP contribution < -0.4 is 5.32 Å². The number of nitrogens with one attached hydrogen (secondary N) is 2. The molecule has 3 aliphatic rings. The van der Waals surface area contributed by atoms with Gasteiger partial charge in [-0.3, -0.25) is 14.5 Å². The van der Waals surface area contributed by atoms with Gasteiger partial charge in [-0.25, -0.2) is 0 Å². The molecular formula is C20H29N3O2. The van der Waals surface area contributed by atoms with Gasteiger partial charge in [-0.1, -0.05) is 13.8 Å². The SMILES string of the molecule is Cc1c(C(=O)N[C@H]2C[C@@H](C)N(C3CC3)C2)[nH]c2c1C(=O)CC(C)(C)C2. The lowest BCUT2D eigenvalue weighted by molar-refractivity contribution is 0.0908. The van der Waals surface area contributed by atoms with Gasteiger partial charge in [0.1, 0.15) is 5.69 Å². The number of rotatable bonds is 3. The third-order valence-electron chi connectivity index (χ3n) is 6.10. The number of H-pyrrole nitrogens is 1. The van der Waals surface area contributed by atoms with E-state index in [-0.39, 0.29) is 23.1 Å². The van der Waals surface area contributed by atoms with Crippen LogP contribution in [0.3, 0.4) is 0 Å². The molecule has 1 amide bonds. The van der Waals surface area contributed by atoms with E-state index in [1.54, 1.807) is 0 Å². The molecule has 1 saturated heterocycles. The summed E-state index contributed by atoms with van der Waals surface area (Å²) in [4.78, 5) is 31.1. The number of aromatic amines is 1. The molecule has 0 aromatic carbocycles. The van der Waals surface area contributed by atoms with Crippen molar-refractivity contribution in [3.05, 3.63) is 22.5 Å². The topological polar surface area (TPSA) is 65.2 Å². The van der Waals surface area contributed by atoms with Crippen LogP contribution in [0.1, 0.15) is 78.6 Å². The molecule has 2 aliphatic carbocycles. The van der Waals surface area contributed by atoms with Crippen molar-refractivity contribution in [3.63, 3.8) is 0 Å². The number of hydrogen-bond acceptors (Lipinski definition) is 3. The molecular weight excluding hydrogens is 314 g/mol. The van der Waals surface area contributed by atoms with Crippen LogP contribution in [0.15, 0.2) is 0 Å². The number of nitrogens with zero attached hydrogens (tertiary/aromatic N) is 1. The van der Waals surface area contributed by atoms with Gasteiger partial charge in [-0.05, 0) is 50.5 Å². The Labute approximate surface area is 149 Å². The highest BCUT2D eigenvalue weighted by molar-refractivity contribution is 6.04. The lowest BCUT2D eigenvalue weighted by Gasteiger charge is -2.28. The van der Waals surface area contributed by atoms with Gasteiger partial charge >= 0.3 is 0 Å². The van der Waals surface area contributed by atoms with E-state index in [9.17, 15) is 9.59 Å². The number of amides is 1. The summed E-state index contributed by atoms with van der Waals surface area (Å²) in [7, 11) is 0. The fraction of sp³-hybridized carbons (Fsp3) is 0.700. The molecule has 2 atom stereocenters. The second-order valence-electron chi connectivity index (χ2n) is 9.10. The average molecular weight is 343 g/mol. The van der Waals surface area contributed by atoms with Gasteiger partial charge in [0, 0.05) is 42.3 Å². The summed E-state index contributed by atoms with van der Waals surface area (Å²) in [6, 6.07) is 1.48. The van der Waals surface area contributed by atoms with Crippen LogP contribution in [0.25, 0.3) is 0 Å². The van der Waals surface area contributed by atoms with Crippen LogP contribution >= 0.6 is 0 Å². The molecule has 0 spiro atoms. The molecule has 0 bridgehead atoms. The van der Waals surface area contributed by atoms with Crippen LogP contribution in [0, 0.1) is 12.3 Å². The molecule has 2 N–H and O–H groups in total. The quantitative estimate of drug-likeness (QED) is 0.887. The first-order valence-electron chi connectivity index (χ1n) is 9.56. The molecule has 2 fully saturated rings. The molecule has 5 heteroatoms. The van der Waals surface area contributed by atoms with E-state index in [1.807, 2.05) is 6.92 Å². The number of ketones is 1. The van der Waals surface area contributed by atoms with E-state index in [2.05, 4.69) is 36.0 Å². The molecule has 2 heterocycles. The number of carbonyl (C=O) groups is 2. The molecule has 0 unspecified atom stereocenters. The van der Waals surface area contributed by atoms with Gasteiger partial charge in [0.25, 0.3) is 5.91 Å². The first kappa shape index (κ1) is 16.8. The third-order valence-corrected chi connectivity index (χ3v) is 6.10. The highest BCUT2D eigenvalue weighted by Gasteiger charge is 2.40. The molecule has 1 saturated carbocycles. The minimum Gasteiger partial charge on any atom is -0.354 e. The monoisotopic (exact) mass is 343 g/mol. The van der Waals surface area contributed by atoms with Crippen LogP contribution in [-0.2, 0) is 6.42 Å². The second kappa shape index (κ2) is 5.70. The molecule has 1 aromatic rings. The van der Waals surface area contributed by atoms with E-state index < -0.39 is 0 Å². The van der Waals surface area contributed by atoms with E-state index in [4.69, 9.17) is 0 Å². The Morgan fingerprint density at radius 2 is 2.00 bits per heavy atom. The molecule has 136 valence electrons. The van der Waals surface area contributed by atoms with Gasteiger partial charge in [0.05, 0.1) is 0 Å². The van der Waals surface area contributed by atoms with Crippen molar-refractivity contribution in [2.75, 3.05) is 6.54 Å². The van der Waals surface area contributed by atoms with E-state index >= 15 is 0 Å². The zero-order valence-electron chi connectivity index (χ0n) is 15.7. The largest absolute Gasteiger partial charge is 0.354 e. The summed E-state index contributed by atoms with van der Waals surface area (Å²) >= 11 is 0. The minimum atomic E-state index is -0.0626. The van der Waals surface area contributed by atoms with Crippen LogP contribution in [-0.4, -0.2) is 46.2 Å². The first-order chi connectivity index (χ1) is 11.7. The summed E-state index contributed by atoms with van der Waals surface area (Å²) in [6.45, 7) is 9.31. The van der Waals surface area contributed by atoms with Crippen LogP contribution in [0.2, 0.25) is 0 Å². The van der Waals surface area contributed by atoms with Crippen LogP contribution in [0.5, 0.6) is 0 Å². The maximum atomic E-state index is 12.8. The normalized spacial score (nSPS) is 28.9. The fourth-order valence-electron chi connectivity index (χ4n) is 4.79. The van der Waals surface area contributed by atoms with Crippen molar-refractivity contribution in [1.82, 2.24) is 15.2 Å². The Balaban J connectivity index is 1.51. The number of carbonyl (C=O) groups excluding carboxylic acids is 2. The number of hydrogen-bond donors (Lipinski definition) is 2. The maximum absolute atomic E-state index is 12.8. The Kier molecular flexibility index (Phi) is 3.83. The molecule has 0 radical (unpaired) electrons. The predicted molar refractivity (Wildman–Crippen MR) is 97.0 cm³/mol. The van der Waals surface area contributed by atoms with E-state index in [0.717, 1.165) is 42.2 Å². The molecule has 25 heavy (non-hydrogen) atoms. The first-order valence-corrected chi connectivity index (χ1v) is 9.56. The van der Waals surface area contributed by atoms with Gasteiger partial charge in [0.15, 0.2) is 5.78 Å². The zero-order valence-corrected chi connectivity index (χ0v) is 15.7. The third kappa shape index (κ3) is 3.03.